The van der Waals surface area contributed by atoms with Crippen LogP contribution in [-0.4, -0.2) is 23.9 Å². The second-order valence-corrected chi connectivity index (χ2v) is 7.75. The van der Waals surface area contributed by atoms with Gasteiger partial charge < -0.3 is 16.0 Å². The fourth-order valence-corrected chi connectivity index (χ4v) is 4.52. The first kappa shape index (κ1) is 19.6. The third-order valence-corrected chi connectivity index (χ3v) is 6.14. The van der Waals surface area contributed by atoms with Gasteiger partial charge in [-0.1, -0.05) is 26.3 Å². The van der Waals surface area contributed by atoms with Gasteiger partial charge in [0, 0.05) is 23.1 Å². The molecule has 0 bridgehead atoms. The molecule has 4 rings (SSSR count). The monoisotopic (exact) mass is 382 g/mol. The summed E-state index contributed by atoms with van der Waals surface area (Å²) in [6.45, 7) is 4.00. The molecule has 0 radical (unpaired) electrons. The van der Waals surface area contributed by atoms with Crippen LogP contribution in [0.4, 0.5) is 5.69 Å². The van der Waals surface area contributed by atoms with Gasteiger partial charge in [-0.15, -0.1) is 11.3 Å². The van der Waals surface area contributed by atoms with Gasteiger partial charge >= 0.3 is 0 Å². The van der Waals surface area contributed by atoms with Crippen LogP contribution in [0.3, 0.4) is 0 Å². The number of benzene rings is 1. The maximum absolute atomic E-state index is 6.15. The van der Waals surface area contributed by atoms with Crippen molar-refractivity contribution in [1.82, 2.24) is 10.3 Å². The van der Waals surface area contributed by atoms with Gasteiger partial charge in [-0.2, -0.15) is 0 Å². The minimum atomic E-state index is 0.583. The van der Waals surface area contributed by atoms with Gasteiger partial charge in [0.15, 0.2) is 0 Å². The maximum atomic E-state index is 6.15. The van der Waals surface area contributed by atoms with Gasteiger partial charge in [0.25, 0.3) is 0 Å². The van der Waals surface area contributed by atoms with Gasteiger partial charge in [-0.05, 0) is 67.4 Å². The molecule has 0 amide bonds. The van der Waals surface area contributed by atoms with E-state index in [4.69, 9.17) is 5.73 Å². The lowest BCUT2D eigenvalue weighted by Crippen LogP contribution is -2.30. The molecule has 2 unspecified atom stereocenters. The first-order valence-electron chi connectivity index (χ1n) is 9.91. The molecule has 1 fully saturated rings. The van der Waals surface area contributed by atoms with Crippen LogP contribution in [0.5, 0.6) is 0 Å². The molecule has 0 saturated heterocycles. The summed E-state index contributed by atoms with van der Waals surface area (Å²) >= 11 is 1.62. The molecule has 0 aliphatic heterocycles. The number of aromatic nitrogens is 1. The Morgan fingerprint density at radius 2 is 2.11 bits per heavy atom. The summed E-state index contributed by atoms with van der Waals surface area (Å²) in [4.78, 5) is 9.07. The number of thiophene rings is 1. The number of aromatic amines is 1. The lowest BCUT2D eigenvalue weighted by atomic mass is 9.81. The number of aliphatic imine (C=N–C) groups is 1. The molecule has 5 heteroatoms. The van der Waals surface area contributed by atoms with Gasteiger partial charge in [-0.25, -0.2) is 4.99 Å². The van der Waals surface area contributed by atoms with Gasteiger partial charge in [0.2, 0.25) is 0 Å². The van der Waals surface area contributed by atoms with E-state index in [0.29, 0.717) is 17.8 Å². The molecule has 4 nitrogen and oxygen atoms in total. The lowest BCUT2D eigenvalue weighted by Gasteiger charge is -2.28. The highest BCUT2D eigenvalue weighted by Gasteiger charge is 2.24. The van der Waals surface area contributed by atoms with Crippen LogP contribution in [0.1, 0.15) is 55.9 Å². The maximum Gasteiger partial charge on any atom is 0.141 e. The van der Waals surface area contributed by atoms with E-state index in [9.17, 15) is 0 Å². The number of hydrogen-bond acceptors (Lipinski definition) is 3. The number of rotatable bonds is 4. The van der Waals surface area contributed by atoms with Crippen LogP contribution in [-0.2, 0) is 0 Å². The summed E-state index contributed by atoms with van der Waals surface area (Å²) in [6.07, 6.45) is 7.21. The van der Waals surface area contributed by atoms with Crippen molar-refractivity contribution in [2.24, 2.45) is 10.7 Å². The smallest absolute Gasteiger partial charge is 0.141 e. The Kier molecular flexibility index (Phi) is 6.69. The summed E-state index contributed by atoms with van der Waals surface area (Å²) in [5.74, 6) is 1.19. The summed E-state index contributed by atoms with van der Waals surface area (Å²) in [5, 5.41) is 6.75. The summed E-state index contributed by atoms with van der Waals surface area (Å²) in [6, 6.07) is 10.9. The Labute approximate surface area is 165 Å². The SMILES string of the molecule is CC.CNC1CCCC(c2c[nH]c3ccc(N=C(N)c4cccs4)cc23)C1. The van der Waals surface area contributed by atoms with Crippen molar-refractivity contribution in [3.63, 3.8) is 0 Å². The quantitative estimate of drug-likeness (QED) is 0.410. The van der Waals surface area contributed by atoms with Crippen LogP contribution in [0.2, 0.25) is 0 Å². The first-order valence-corrected chi connectivity index (χ1v) is 10.8. The van der Waals surface area contributed by atoms with Crippen LogP contribution < -0.4 is 11.1 Å². The van der Waals surface area contributed by atoms with E-state index in [0.717, 1.165) is 10.6 Å². The zero-order valence-corrected chi connectivity index (χ0v) is 17.3. The number of fused-ring (bicyclic) bond motifs is 1. The molecule has 1 aliphatic rings. The minimum absolute atomic E-state index is 0.583. The molecule has 2 heterocycles. The van der Waals surface area contributed by atoms with Crippen LogP contribution in [0.15, 0.2) is 46.9 Å². The number of nitrogens with two attached hydrogens (primary N) is 1. The lowest BCUT2D eigenvalue weighted by molar-refractivity contribution is 0.356. The molecule has 1 saturated carbocycles. The van der Waals surface area contributed by atoms with E-state index in [1.165, 1.54) is 42.1 Å². The van der Waals surface area contributed by atoms with E-state index in [1.807, 2.05) is 37.4 Å². The molecule has 2 aromatic heterocycles. The van der Waals surface area contributed by atoms with Crippen molar-refractivity contribution in [3.05, 3.63) is 52.3 Å². The molecule has 3 aromatic rings. The molecule has 1 aromatic carbocycles. The van der Waals surface area contributed by atoms with E-state index < -0.39 is 0 Å². The summed E-state index contributed by atoms with van der Waals surface area (Å²) in [5.41, 5.74) is 9.66. The van der Waals surface area contributed by atoms with Crippen molar-refractivity contribution in [3.8, 4) is 0 Å². The average Bonchev–Trinajstić information content (AvgIpc) is 3.39. The van der Waals surface area contributed by atoms with Crippen LogP contribution in [0.25, 0.3) is 10.9 Å². The minimum Gasteiger partial charge on any atom is -0.383 e. The number of nitrogens with one attached hydrogen (secondary N) is 2. The standard InChI is InChI=1S/C20H24N4S.C2H6/c1-22-14-5-2-4-13(10-14)17-12-23-18-8-7-15(11-16(17)18)24-20(21)19-6-3-9-25-19;1-2/h3,6-9,11-14,22-23H,2,4-5,10H2,1H3,(H2,21,24);1-2H3. The fraction of sp³-hybridized carbons (Fsp3) is 0.409. The van der Waals surface area contributed by atoms with Crippen LogP contribution in [0, 0.1) is 0 Å². The topological polar surface area (TPSA) is 66.2 Å². The highest BCUT2D eigenvalue weighted by Crippen LogP contribution is 2.37. The van der Waals surface area contributed by atoms with Crippen molar-refractivity contribution < 1.29 is 0 Å². The molecule has 144 valence electrons. The molecule has 1 aliphatic carbocycles. The van der Waals surface area contributed by atoms with E-state index >= 15 is 0 Å². The number of nitrogens with zero attached hydrogens (tertiary/aromatic N) is 1. The summed E-state index contributed by atoms with van der Waals surface area (Å²) in [7, 11) is 2.07. The highest BCUT2D eigenvalue weighted by molar-refractivity contribution is 7.12. The predicted molar refractivity (Wildman–Crippen MR) is 118 cm³/mol. The van der Waals surface area contributed by atoms with E-state index in [-0.39, 0.29) is 0 Å². The molecule has 27 heavy (non-hydrogen) atoms. The zero-order valence-electron chi connectivity index (χ0n) is 16.5. The number of hydrogen-bond donors (Lipinski definition) is 3. The Morgan fingerprint density at radius 3 is 2.85 bits per heavy atom. The van der Waals surface area contributed by atoms with Crippen molar-refractivity contribution in [1.29, 1.82) is 0 Å². The molecule has 4 N–H and O–H groups in total. The third-order valence-electron chi connectivity index (χ3n) is 5.24. The Morgan fingerprint density at radius 1 is 1.26 bits per heavy atom. The van der Waals surface area contributed by atoms with Gasteiger partial charge in [-0.3, -0.25) is 0 Å². The molecular weight excluding hydrogens is 352 g/mol. The second-order valence-electron chi connectivity index (χ2n) is 6.80. The average molecular weight is 383 g/mol. The van der Waals surface area contributed by atoms with E-state index in [2.05, 4.69) is 40.7 Å². The van der Waals surface area contributed by atoms with Gasteiger partial charge in [0.05, 0.1) is 10.6 Å². The third kappa shape index (κ3) is 4.42. The van der Waals surface area contributed by atoms with Crippen molar-refractivity contribution >= 4 is 33.8 Å². The number of amidine groups is 1. The normalized spacial score (nSPS) is 20.3. The van der Waals surface area contributed by atoms with Crippen molar-refractivity contribution in [2.75, 3.05) is 7.05 Å². The van der Waals surface area contributed by atoms with Gasteiger partial charge in [0.1, 0.15) is 5.84 Å². The second kappa shape index (κ2) is 9.20. The van der Waals surface area contributed by atoms with Crippen molar-refractivity contribution in [2.45, 2.75) is 51.5 Å². The van der Waals surface area contributed by atoms with E-state index in [1.54, 1.807) is 11.3 Å². The molecule has 2 atom stereocenters. The zero-order chi connectivity index (χ0) is 19.2. The Bertz CT molecular complexity index is 879. The first-order chi connectivity index (χ1) is 13.2. The molecular formula is C22H30N4S. The molecule has 0 spiro atoms. The fourth-order valence-electron chi connectivity index (χ4n) is 3.89. The Hall–Kier alpha value is -2.11. The summed E-state index contributed by atoms with van der Waals surface area (Å²) < 4.78 is 0. The largest absolute Gasteiger partial charge is 0.383 e. The van der Waals surface area contributed by atoms with Crippen LogP contribution >= 0.6 is 11.3 Å². The highest BCUT2D eigenvalue weighted by atomic mass is 32.1. The number of H-pyrrole nitrogens is 1. The predicted octanol–water partition coefficient (Wildman–Crippen LogP) is 5.54. The Balaban J connectivity index is 0.00000102.